The highest BCUT2D eigenvalue weighted by atomic mass is 32.1. The number of halogens is 4. The quantitative estimate of drug-likeness (QED) is 0.328. The minimum atomic E-state index is -3.01. The largest absolute Gasteiger partial charge is 0.415 e. The maximum atomic E-state index is 13.6. The summed E-state index contributed by atoms with van der Waals surface area (Å²) in [4.78, 5) is 27.5. The van der Waals surface area contributed by atoms with Gasteiger partial charge in [-0.2, -0.15) is 8.78 Å². The average molecular weight is 582 g/mol. The number of aromatic nitrogens is 5. The molecule has 15 heteroatoms. The Balaban J connectivity index is 1.24. The van der Waals surface area contributed by atoms with E-state index in [2.05, 4.69) is 30.7 Å². The highest BCUT2D eigenvalue weighted by molar-refractivity contribution is 7.12. The smallest absolute Gasteiger partial charge is 0.388 e. The van der Waals surface area contributed by atoms with Crippen molar-refractivity contribution in [2.75, 3.05) is 11.9 Å². The summed E-state index contributed by atoms with van der Waals surface area (Å²) in [5, 5.41) is 18.1. The van der Waals surface area contributed by atoms with Gasteiger partial charge in [-0.3, -0.25) is 14.2 Å². The van der Waals surface area contributed by atoms with E-state index in [-0.39, 0.29) is 24.2 Å². The second-order valence-electron chi connectivity index (χ2n) is 10.6. The molecule has 0 saturated heterocycles. The fourth-order valence-corrected chi connectivity index (χ4v) is 6.52. The van der Waals surface area contributed by atoms with Crippen molar-refractivity contribution in [1.29, 1.82) is 0 Å². The van der Waals surface area contributed by atoms with Crippen LogP contribution in [0, 0.1) is 11.8 Å². The summed E-state index contributed by atoms with van der Waals surface area (Å²) in [7, 11) is 1.56. The number of amides is 1. The van der Waals surface area contributed by atoms with Crippen molar-refractivity contribution in [2.45, 2.75) is 63.5 Å². The molecule has 214 valence electrons. The summed E-state index contributed by atoms with van der Waals surface area (Å²) in [5.74, 6) is -4.13. The number of Topliss-reactive ketones (excluding diaryl/α,β-unsaturated/α-hetero) is 1. The number of rotatable bonds is 11. The molecule has 0 aromatic carbocycles. The van der Waals surface area contributed by atoms with Crippen molar-refractivity contribution in [2.24, 2.45) is 18.9 Å². The van der Waals surface area contributed by atoms with Crippen LogP contribution in [0.25, 0.3) is 0 Å². The SMILES string of the molecule is Cn1nc(OC(F)F)cc1Nc1nncn1[C@H]1CCc2sc(CC(=O)C3CC3(F)F)c(C(=O)NCC3CC3)c2C1. The normalized spacial score (nSPS) is 21.2. The van der Waals surface area contributed by atoms with E-state index in [4.69, 9.17) is 0 Å². The summed E-state index contributed by atoms with van der Waals surface area (Å²) in [6, 6.07) is 1.16. The molecule has 3 aliphatic carbocycles. The van der Waals surface area contributed by atoms with Crippen LogP contribution in [-0.4, -0.2) is 55.3 Å². The van der Waals surface area contributed by atoms with Crippen molar-refractivity contribution in [3.05, 3.63) is 33.3 Å². The zero-order valence-corrected chi connectivity index (χ0v) is 22.3. The zero-order chi connectivity index (χ0) is 28.2. The molecule has 2 fully saturated rings. The van der Waals surface area contributed by atoms with Crippen LogP contribution in [0.1, 0.15) is 57.4 Å². The molecule has 0 radical (unpaired) electrons. The lowest BCUT2D eigenvalue weighted by atomic mass is 9.90. The Labute approximate surface area is 230 Å². The Hall–Kier alpha value is -3.49. The van der Waals surface area contributed by atoms with E-state index < -0.39 is 30.7 Å². The van der Waals surface area contributed by atoms with Gasteiger partial charge < -0.3 is 15.4 Å². The Morgan fingerprint density at radius 2 is 2.05 bits per heavy atom. The van der Waals surface area contributed by atoms with E-state index in [1.807, 2.05) is 4.57 Å². The molecular weight excluding hydrogens is 554 g/mol. The van der Waals surface area contributed by atoms with Crippen molar-refractivity contribution in [1.82, 2.24) is 29.9 Å². The number of ether oxygens (including phenoxy) is 1. The van der Waals surface area contributed by atoms with Gasteiger partial charge >= 0.3 is 6.61 Å². The number of ketones is 1. The van der Waals surface area contributed by atoms with Crippen molar-refractivity contribution in [3.8, 4) is 5.88 Å². The van der Waals surface area contributed by atoms with Gasteiger partial charge in [0.05, 0.1) is 11.5 Å². The van der Waals surface area contributed by atoms with E-state index in [1.54, 1.807) is 13.4 Å². The van der Waals surface area contributed by atoms with Crippen molar-refractivity contribution >= 4 is 34.8 Å². The monoisotopic (exact) mass is 581 g/mol. The lowest BCUT2D eigenvalue weighted by Gasteiger charge is -2.25. The molecule has 2 N–H and O–H groups in total. The van der Waals surface area contributed by atoms with Gasteiger partial charge in [-0.05, 0) is 43.6 Å². The number of aryl methyl sites for hydroxylation is 2. The van der Waals surface area contributed by atoms with Gasteiger partial charge in [0.2, 0.25) is 11.8 Å². The van der Waals surface area contributed by atoms with Crippen LogP contribution in [0.4, 0.5) is 29.3 Å². The van der Waals surface area contributed by atoms with Crippen LogP contribution in [-0.2, 0) is 31.1 Å². The topological polar surface area (TPSA) is 116 Å². The first-order chi connectivity index (χ1) is 19.1. The predicted molar refractivity (Wildman–Crippen MR) is 135 cm³/mol. The van der Waals surface area contributed by atoms with E-state index in [1.165, 1.54) is 22.1 Å². The highest BCUT2D eigenvalue weighted by Crippen LogP contribution is 2.50. The summed E-state index contributed by atoms with van der Waals surface area (Å²) in [5.41, 5.74) is 1.23. The van der Waals surface area contributed by atoms with Crippen LogP contribution in [0.2, 0.25) is 0 Å². The van der Waals surface area contributed by atoms with Crippen molar-refractivity contribution in [3.63, 3.8) is 0 Å². The number of fused-ring (bicyclic) bond motifs is 1. The molecule has 0 spiro atoms. The summed E-state index contributed by atoms with van der Waals surface area (Å²) >= 11 is 1.36. The number of thiophene rings is 1. The van der Waals surface area contributed by atoms with Crippen LogP contribution >= 0.6 is 11.3 Å². The molecule has 2 atom stereocenters. The Morgan fingerprint density at radius 3 is 2.75 bits per heavy atom. The fraction of sp³-hybridized carbons (Fsp3) is 0.560. The molecule has 3 heterocycles. The van der Waals surface area contributed by atoms with Gasteiger partial charge in [0, 0.05) is 48.3 Å². The predicted octanol–water partition coefficient (Wildman–Crippen LogP) is 4.05. The number of carbonyl (C=O) groups excluding carboxylic acids is 2. The number of nitrogens with zero attached hydrogens (tertiary/aromatic N) is 5. The number of carbonyl (C=O) groups is 2. The maximum Gasteiger partial charge on any atom is 0.388 e. The van der Waals surface area contributed by atoms with Crippen molar-refractivity contribution < 1.29 is 31.9 Å². The molecule has 10 nitrogen and oxygen atoms in total. The molecule has 3 aliphatic rings. The third-order valence-electron chi connectivity index (χ3n) is 7.61. The Morgan fingerprint density at radius 1 is 1.27 bits per heavy atom. The van der Waals surface area contributed by atoms with Gasteiger partial charge in [-0.15, -0.1) is 26.6 Å². The van der Waals surface area contributed by atoms with E-state index >= 15 is 0 Å². The van der Waals surface area contributed by atoms with Gasteiger partial charge in [0.15, 0.2) is 0 Å². The van der Waals surface area contributed by atoms with E-state index in [9.17, 15) is 27.2 Å². The minimum absolute atomic E-state index is 0.157. The minimum Gasteiger partial charge on any atom is -0.415 e. The zero-order valence-electron chi connectivity index (χ0n) is 21.5. The summed E-state index contributed by atoms with van der Waals surface area (Å²) in [6.07, 6.45) is 4.80. The molecule has 3 aromatic rings. The first-order valence-electron chi connectivity index (χ1n) is 13.1. The molecule has 1 amide bonds. The first-order valence-corrected chi connectivity index (χ1v) is 13.9. The molecule has 2 saturated carbocycles. The lowest BCUT2D eigenvalue weighted by Crippen LogP contribution is -2.28. The van der Waals surface area contributed by atoms with Crippen LogP contribution in [0.15, 0.2) is 12.4 Å². The number of hydrogen-bond donors (Lipinski definition) is 2. The first kappa shape index (κ1) is 26.7. The van der Waals surface area contributed by atoms with Crippen LogP contribution in [0.5, 0.6) is 5.88 Å². The summed E-state index contributed by atoms with van der Waals surface area (Å²) < 4.78 is 59.9. The maximum absolute atomic E-state index is 13.6. The Bertz CT molecular complexity index is 1450. The van der Waals surface area contributed by atoms with E-state index in [0.29, 0.717) is 53.9 Å². The molecule has 1 unspecified atom stereocenters. The third-order valence-corrected chi connectivity index (χ3v) is 8.90. The number of alkyl halides is 4. The van der Waals surface area contributed by atoms with Gasteiger partial charge in [0.25, 0.3) is 11.8 Å². The summed E-state index contributed by atoms with van der Waals surface area (Å²) in [6.45, 7) is -2.47. The number of anilines is 2. The van der Waals surface area contributed by atoms with Crippen LogP contribution in [0.3, 0.4) is 0 Å². The molecule has 0 aliphatic heterocycles. The molecule has 3 aromatic heterocycles. The average Bonchev–Trinajstić information content (AvgIpc) is 3.67. The van der Waals surface area contributed by atoms with Gasteiger partial charge in [-0.25, -0.2) is 13.5 Å². The van der Waals surface area contributed by atoms with E-state index in [0.717, 1.165) is 23.3 Å². The third kappa shape index (κ3) is 5.43. The fourth-order valence-electron chi connectivity index (χ4n) is 5.16. The van der Waals surface area contributed by atoms with Crippen LogP contribution < -0.4 is 15.4 Å². The molecular formula is C25H27F4N7O3S. The second kappa shape index (κ2) is 10.2. The number of nitrogens with one attached hydrogen (secondary N) is 2. The molecule has 0 bridgehead atoms. The van der Waals surface area contributed by atoms with Gasteiger partial charge in [-0.1, -0.05) is 0 Å². The number of hydrogen-bond acceptors (Lipinski definition) is 8. The lowest BCUT2D eigenvalue weighted by molar-refractivity contribution is -0.121. The second-order valence-corrected chi connectivity index (χ2v) is 11.8. The Kier molecular flexibility index (Phi) is 6.79. The molecule has 6 rings (SSSR count). The molecule has 40 heavy (non-hydrogen) atoms. The van der Waals surface area contributed by atoms with Gasteiger partial charge in [0.1, 0.15) is 17.9 Å². The standard InChI is InChI=1S/C25H27F4N7O3S/c1-35-19(8-20(34-35)39-23(26)27)32-24-33-31-11-36(24)13-4-5-17-14(6-13)21(22(38)30-10-12-2-3-12)18(40-17)7-16(37)15-9-25(15,28)29/h8,11-13,15,23H,2-7,9-10H2,1H3,(H,30,38)(H,32,33)/t13-,15?/m0/s1. The highest BCUT2D eigenvalue weighted by Gasteiger charge is 2.60.